The van der Waals surface area contributed by atoms with Crippen molar-refractivity contribution in [3.05, 3.63) is 147 Å². The molecular formula is C86H100Cl2N10O26. The van der Waals surface area contributed by atoms with Crippen molar-refractivity contribution < 1.29 is 127 Å². The third kappa shape index (κ3) is 19.3. The molecule has 7 heterocycles. The van der Waals surface area contributed by atoms with Gasteiger partial charge >= 0.3 is 0 Å². The number of hydrogen-bond acceptors (Lipinski definition) is 28. The summed E-state index contributed by atoms with van der Waals surface area (Å²) in [7, 11) is 1.47. The van der Waals surface area contributed by atoms with E-state index in [4.69, 9.17) is 62.1 Å². The Morgan fingerprint density at radius 2 is 1.27 bits per heavy atom. The molecule has 9 amide bonds. The van der Waals surface area contributed by atoms with Crippen molar-refractivity contribution in [3.63, 3.8) is 0 Å². The minimum Gasteiger partial charge on any atom is -0.508 e. The van der Waals surface area contributed by atoms with Crippen LogP contribution in [0.3, 0.4) is 0 Å². The van der Waals surface area contributed by atoms with Crippen LogP contribution in [0, 0.1) is 29.6 Å². The summed E-state index contributed by atoms with van der Waals surface area (Å²) in [6.07, 6.45) is -15.1. The first-order chi connectivity index (χ1) is 59.0. The fraction of sp³-hybridized carbons (Fsp3) is 0.477. The fourth-order valence-corrected chi connectivity index (χ4v) is 18.7. The lowest BCUT2D eigenvalue weighted by molar-refractivity contribution is -0.333. The molecule has 18 atom stereocenters. The zero-order valence-electron chi connectivity index (χ0n) is 67.9. The molecule has 664 valence electrons. The monoisotopic (exact) mass is 1760 g/mol. The number of aromatic hydroxyl groups is 3. The van der Waals surface area contributed by atoms with E-state index in [-0.39, 0.29) is 93.7 Å². The van der Waals surface area contributed by atoms with Crippen LogP contribution in [0.15, 0.2) is 103 Å². The van der Waals surface area contributed by atoms with E-state index in [2.05, 4.69) is 47.9 Å². The number of carbonyl (C=O) groups excluding carboxylic acids is 9. The number of benzene rings is 6. The molecule has 124 heavy (non-hydrogen) atoms. The van der Waals surface area contributed by atoms with E-state index in [1.807, 2.05) is 13.8 Å². The maximum Gasteiger partial charge on any atom is 0.248 e. The highest BCUT2D eigenvalue weighted by atomic mass is 35.5. The van der Waals surface area contributed by atoms with Crippen molar-refractivity contribution in [3.8, 4) is 62.9 Å². The van der Waals surface area contributed by atoms with Crippen LogP contribution in [0.25, 0.3) is 11.1 Å². The van der Waals surface area contributed by atoms with Gasteiger partial charge in [0.05, 0.1) is 54.4 Å². The summed E-state index contributed by atoms with van der Waals surface area (Å²) in [5.74, 6) is -14.4. The molecule has 6 aromatic carbocycles. The predicted molar refractivity (Wildman–Crippen MR) is 437 cm³/mol. The summed E-state index contributed by atoms with van der Waals surface area (Å²) in [6.45, 7) is 5.31. The summed E-state index contributed by atoms with van der Waals surface area (Å²) >= 11 is 14.5. The number of fused-ring (bicyclic) bond motifs is 15. The maximum atomic E-state index is 16.6. The lowest BCUT2D eigenvalue weighted by Crippen LogP contribution is -2.64. The van der Waals surface area contributed by atoms with Gasteiger partial charge < -0.3 is 132 Å². The Hall–Kier alpha value is -10.6. The Morgan fingerprint density at radius 1 is 0.653 bits per heavy atom. The van der Waals surface area contributed by atoms with Crippen LogP contribution >= 0.6 is 23.2 Å². The van der Waals surface area contributed by atoms with Gasteiger partial charge in [-0.25, -0.2) is 0 Å². The molecule has 15 bridgehead atoms. The van der Waals surface area contributed by atoms with Crippen molar-refractivity contribution in [2.24, 2.45) is 35.3 Å². The van der Waals surface area contributed by atoms with Crippen LogP contribution in [-0.2, 0) is 63.8 Å². The summed E-state index contributed by atoms with van der Waals surface area (Å²) in [6, 6.07) is 5.72. The quantitative estimate of drug-likeness (QED) is 0.0554. The highest BCUT2D eigenvalue weighted by Crippen LogP contribution is 2.55. The summed E-state index contributed by atoms with van der Waals surface area (Å²) in [5.41, 5.74) is 3.21. The smallest absolute Gasteiger partial charge is 0.248 e. The zero-order valence-corrected chi connectivity index (χ0v) is 69.4. The molecule has 6 aromatic rings. The lowest BCUT2D eigenvalue weighted by atomic mass is 9.54. The van der Waals surface area contributed by atoms with Gasteiger partial charge in [-0.1, -0.05) is 67.4 Å². The first-order valence-electron chi connectivity index (χ1n) is 40.9. The van der Waals surface area contributed by atoms with E-state index in [0.29, 0.717) is 23.1 Å². The molecular weight excluding hydrogens is 1660 g/mol. The molecule has 6 fully saturated rings. The minimum atomic E-state index is -2.43. The molecule has 11 aliphatic rings. The van der Waals surface area contributed by atoms with Gasteiger partial charge in [-0.05, 0) is 189 Å². The number of carbonyl (C=O) groups is 9. The van der Waals surface area contributed by atoms with Crippen LogP contribution in [-0.4, -0.2) is 216 Å². The van der Waals surface area contributed by atoms with Crippen LogP contribution in [0.4, 0.5) is 0 Å². The van der Waals surface area contributed by atoms with Gasteiger partial charge in [0.25, 0.3) is 0 Å². The second kappa shape index (κ2) is 37.3. The molecule has 0 aromatic heterocycles. The number of aliphatic hydroxyl groups is 7. The van der Waals surface area contributed by atoms with Crippen LogP contribution in [0.5, 0.6) is 51.7 Å². The number of imide groups is 1. The molecule has 0 spiro atoms. The topological polar surface area (TPSA) is 555 Å². The van der Waals surface area contributed by atoms with Crippen molar-refractivity contribution in [1.82, 2.24) is 47.9 Å². The van der Waals surface area contributed by atoms with E-state index in [1.165, 1.54) is 69.4 Å². The highest BCUT2D eigenvalue weighted by molar-refractivity contribution is 6.32. The minimum absolute atomic E-state index is 0.0441. The van der Waals surface area contributed by atoms with Gasteiger partial charge in [-0.2, -0.15) is 0 Å². The number of nitrogens with one attached hydrogen (secondary N) is 9. The summed E-state index contributed by atoms with van der Waals surface area (Å²) < 4.78 is 44.5. The first kappa shape index (κ1) is 89.7. The number of likely N-dealkylation sites (N-methyl/N-ethyl adjacent to an activating group) is 1. The summed E-state index contributed by atoms with van der Waals surface area (Å²) in [5, 5.41) is 139. The molecule has 0 radical (unpaired) electrons. The Labute approximate surface area is 720 Å². The third-order valence-electron chi connectivity index (χ3n) is 24.2. The maximum absolute atomic E-state index is 16.6. The number of phenolic OH excluding ortho intramolecular Hbond substituents is 3. The van der Waals surface area contributed by atoms with Crippen molar-refractivity contribution in [1.29, 1.82) is 0 Å². The van der Waals surface area contributed by atoms with E-state index >= 15 is 28.8 Å². The average Bonchev–Trinajstić information content (AvgIpc) is 0.754. The number of rotatable bonds is 19. The van der Waals surface area contributed by atoms with Gasteiger partial charge in [-0.3, -0.25) is 48.5 Å². The Bertz CT molecular complexity index is 5060. The highest BCUT2D eigenvalue weighted by Gasteiger charge is 2.53. The van der Waals surface area contributed by atoms with Gasteiger partial charge in [-0.15, -0.1) is 0 Å². The number of nitrogens with two attached hydrogens (primary N) is 1. The molecule has 2 saturated heterocycles. The fourth-order valence-electron chi connectivity index (χ4n) is 18.2. The van der Waals surface area contributed by atoms with Crippen LogP contribution in [0.2, 0.25) is 10.0 Å². The second-order valence-corrected chi connectivity index (χ2v) is 34.6. The standard InChI is InChI=1S/C86H100Cl2N10O26/c1-35(2)18-52(90-5)78(111)97-69-71(106)41-9-14-56(50(87)26-41)120-58-28-45-29-59(75(58)124-85-76(74(109)73(108)60(34-100)122-85)123-63-33-86(4,89)77(110)36(3)119-63)121-57-15-10-42(27-51(57)88)72(107)70-84(117)96-68(82(115)93-65-43-20-38-19-39(22-43)23-44(65)21-38)49-30-46(101)31-55(103)64(49)48-25-40(8-13-54(48)102)66(80(113)98-70)95-81(114)67(45)94-79(112)53(91-83(69)116)32-62(105)92-61(104)24-37-6-11-47(12-7-37)118-17-16-99/h6-15,25-31,35-36,38-39,43-44,52-53,60,63,65-74,76-77,85,90,99-103,106-110H,16-24,32-34,89H2,1-5H3,(H,91,116)(H,93,115)(H,94,112)(H,95,114)(H,96,117)(H,97,111)(H,98,113)(H,92,104,105)/t36-,38?,39?,43?,44?,52+,53-,60+,63-,65?,66+,67+,68-,69+,70-,71+,72+,73+,74-,76+,77+,85-,86-/m0/s1. The number of amides is 9. The van der Waals surface area contributed by atoms with Crippen molar-refractivity contribution >= 4 is 76.4 Å². The van der Waals surface area contributed by atoms with Crippen LogP contribution in [0.1, 0.15) is 143 Å². The number of halogens is 2. The Kier molecular flexibility index (Phi) is 27.0. The number of aliphatic hydroxyl groups excluding tert-OH is 7. The molecule has 38 heteroatoms. The van der Waals surface area contributed by atoms with E-state index < -0.39 is 233 Å². The normalized spacial score (nSPS) is 30.5. The molecule has 17 rings (SSSR count). The lowest BCUT2D eigenvalue weighted by Gasteiger charge is -2.54. The number of ether oxygens (including phenoxy) is 7. The molecule has 4 aliphatic carbocycles. The largest absolute Gasteiger partial charge is 0.508 e. The molecule has 7 aliphatic heterocycles. The molecule has 36 nitrogen and oxygen atoms in total. The number of hydrogen-bond donors (Lipinski definition) is 20. The molecule has 0 unspecified atom stereocenters. The average molecular weight is 1760 g/mol. The third-order valence-corrected chi connectivity index (χ3v) is 24.8. The first-order valence-corrected chi connectivity index (χ1v) is 41.7. The predicted octanol–water partition coefficient (Wildman–Crippen LogP) is 2.73. The van der Waals surface area contributed by atoms with Gasteiger partial charge in [0.15, 0.2) is 23.9 Å². The molecule has 21 N–H and O–H groups in total. The Morgan fingerprint density at radius 3 is 1.89 bits per heavy atom. The van der Waals surface area contributed by atoms with E-state index in [1.54, 1.807) is 0 Å². The van der Waals surface area contributed by atoms with Gasteiger partial charge in [0, 0.05) is 35.2 Å². The van der Waals surface area contributed by atoms with Gasteiger partial charge in [0.2, 0.25) is 65.2 Å². The SMILES string of the molecule is CN[C@H](CC(C)C)C(=O)N[C@H]1C(=O)N[C@@H](CC(=O)NC(=O)Cc2ccc(OCCO)cc2)C(=O)N[C@H]2C(=O)N[C@H]3C(=O)N[C@H](C(=O)N[C@H](C(=O)NC4C5CC6CC(C5)CC4C6)c4cc(O)cc(O)c4-c4cc3ccc4O)[C@H](O)c3ccc(c(Cl)c3)Oc3cc2cc(c3O[C@@H]2O[C@H](CO)[C@@H](O)[C@H](O)[C@H]2O[C@H]2C[C@](C)(N)[C@H](O)[C@H](C)O2)Oc2ccc(cc2Cl)[C@H]1O. The number of phenols is 3. The molecule has 4 saturated carbocycles. The van der Waals surface area contributed by atoms with Crippen molar-refractivity contribution in [2.75, 3.05) is 26.9 Å². The second-order valence-electron chi connectivity index (χ2n) is 33.7. The summed E-state index contributed by atoms with van der Waals surface area (Å²) in [4.78, 5) is 139. The van der Waals surface area contributed by atoms with E-state index in [0.717, 1.165) is 86.7 Å². The van der Waals surface area contributed by atoms with Gasteiger partial charge in [0.1, 0.15) is 108 Å². The van der Waals surface area contributed by atoms with Crippen molar-refractivity contribution in [2.45, 2.75) is 201 Å². The zero-order chi connectivity index (χ0) is 88.8. The van der Waals surface area contributed by atoms with E-state index in [9.17, 15) is 65.4 Å². The Balaban J connectivity index is 0.959. The van der Waals surface area contributed by atoms with Crippen LogP contribution < -0.4 is 72.5 Å².